The van der Waals surface area contributed by atoms with Gasteiger partial charge in [-0.15, -0.1) is 5.10 Å². The highest BCUT2D eigenvalue weighted by atomic mass is 16.5. The highest BCUT2D eigenvalue weighted by Crippen LogP contribution is 2.09. The maximum Gasteiger partial charge on any atom is 0.326 e. The average Bonchev–Trinajstić information content (AvgIpc) is 3.03. The van der Waals surface area contributed by atoms with E-state index >= 15 is 0 Å². The summed E-state index contributed by atoms with van der Waals surface area (Å²) < 4.78 is 5.51. The monoisotopic (exact) mass is 346 g/mol. The van der Waals surface area contributed by atoms with Gasteiger partial charge in [0.2, 0.25) is 0 Å². The molecule has 8 heteroatoms. The summed E-state index contributed by atoms with van der Waals surface area (Å²) in [6.45, 7) is 5.85. The lowest BCUT2D eigenvalue weighted by Crippen LogP contribution is -2.42. The summed E-state index contributed by atoms with van der Waals surface area (Å²) in [6, 6.07) is 8.05. The fourth-order valence-corrected chi connectivity index (χ4v) is 2.03. The van der Waals surface area contributed by atoms with E-state index in [1.807, 2.05) is 39.0 Å². The highest BCUT2D eigenvalue weighted by molar-refractivity contribution is 5.94. The molecule has 0 aliphatic rings. The third-order valence-electron chi connectivity index (χ3n) is 3.26. The van der Waals surface area contributed by atoms with E-state index in [0.29, 0.717) is 5.69 Å². The van der Waals surface area contributed by atoms with Crippen molar-refractivity contribution in [2.75, 3.05) is 6.61 Å². The fraction of sp³-hybridized carbons (Fsp3) is 0.412. The van der Waals surface area contributed by atoms with Crippen molar-refractivity contribution < 1.29 is 19.4 Å². The second kappa shape index (κ2) is 7.89. The van der Waals surface area contributed by atoms with Crippen LogP contribution in [0, 0.1) is 0 Å². The number of carbonyl (C=O) groups is 2. The molecule has 0 aliphatic heterocycles. The van der Waals surface area contributed by atoms with E-state index in [1.54, 1.807) is 12.1 Å². The molecule has 8 nitrogen and oxygen atoms in total. The maximum atomic E-state index is 12.2. The van der Waals surface area contributed by atoms with E-state index in [2.05, 4.69) is 15.5 Å². The highest BCUT2D eigenvalue weighted by Gasteiger charge is 2.23. The second-order valence-corrected chi connectivity index (χ2v) is 6.47. The Labute approximate surface area is 145 Å². The van der Waals surface area contributed by atoms with E-state index < -0.39 is 17.9 Å². The quantitative estimate of drug-likeness (QED) is 0.790. The van der Waals surface area contributed by atoms with Gasteiger partial charge in [-0.3, -0.25) is 4.79 Å². The van der Waals surface area contributed by atoms with E-state index in [-0.39, 0.29) is 24.3 Å². The molecule has 0 bridgehead atoms. The van der Waals surface area contributed by atoms with Gasteiger partial charge in [0.15, 0.2) is 5.69 Å². The lowest BCUT2D eigenvalue weighted by atomic mass is 10.1. The molecule has 0 fully saturated rings. The maximum absolute atomic E-state index is 12.2. The van der Waals surface area contributed by atoms with Crippen molar-refractivity contribution in [2.24, 2.45) is 0 Å². The predicted octanol–water partition coefficient (Wildman–Crippen LogP) is 1.66. The van der Waals surface area contributed by atoms with Crippen LogP contribution in [-0.4, -0.2) is 50.2 Å². The van der Waals surface area contributed by atoms with Gasteiger partial charge < -0.3 is 15.2 Å². The largest absolute Gasteiger partial charge is 0.480 e. The molecule has 2 aromatic rings. The number of carbonyl (C=O) groups excluding carboxylic acids is 1. The van der Waals surface area contributed by atoms with Crippen molar-refractivity contribution in [3.8, 4) is 5.69 Å². The van der Waals surface area contributed by atoms with Crippen LogP contribution in [0.3, 0.4) is 0 Å². The molecule has 2 rings (SSSR count). The van der Waals surface area contributed by atoms with Gasteiger partial charge in [-0.1, -0.05) is 18.2 Å². The van der Waals surface area contributed by atoms with Gasteiger partial charge in [-0.05, 0) is 32.9 Å². The molecular weight excluding hydrogens is 324 g/mol. The molecular formula is C17H22N4O4. The first-order chi connectivity index (χ1) is 11.8. The minimum Gasteiger partial charge on any atom is -0.480 e. The molecule has 1 amide bonds. The van der Waals surface area contributed by atoms with Crippen molar-refractivity contribution in [2.45, 2.75) is 38.8 Å². The summed E-state index contributed by atoms with van der Waals surface area (Å²) in [7, 11) is 0. The Hall–Kier alpha value is -2.74. The van der Waals surface area contributed by atoms with Crippen LogP contribution in [0.4, 0.5) is 0 Å². The number of amides is 1. The summed E-state index contributed by atoms with van der Waals surface area (Å²) in [5.41, 5.74) is 0.382. The number of hydrogen-bond donors (Lipinski definition) is 2. The first kappa shape index (κ1) is 18.6. The number of carboxylic acid groups (broad SMARTS) is 1. The summed E-state index contributed by atoms with van der Waals surface area (Å²) in [5, 5.41) is 19.8. The first-order valence-corrected chi connectivity index (χ1v) is 7.92. The van der Waals surface area contributed by atoms with Gasteiger partial charge in [-0.25, -0.2) is 4.79 Å². The zero-order valence-corrected chi connectivity index (χ0v) is 14.5. The van der Waals surface area contributed by atoms with Crippen molar-refractivity contribution in [1.82, 2.24) is 20.3 Å². The van der Waals surface area contributed by atoms with Crippen LogP contribution < -0.4 is 5.32 Å². The van der Waals surface area contributed by atoms with Gasteiger partial charge in [0.05, 0.1) is 17.5 Å². The topological polar surface area (TPSA) is 106 Å². The zero-order valence-electron chi connectivity index (χ0n) is 14.5. The molecule has 0 spiro atoms. The molecule has 0 aliphatic carbocycles. The van der Waals surface area contributed by atoms with Gasteiger partial charge in [0, 0.05) is 13.0 Å². The Balaban J connectivity index is 1.99. The summed E-state index contributed by atoms with van der Waals surface area (Å²) in [4.78, 5) is 24.9. The molecule has 1 aromatic carbocycles. The second-order valence-electron chi connectivity index (χ2n) is 6.47. The molecule has 1 heterocycles. The van der Waals surface area contributed by atoms with Crippen LogP contribution in [0.15, 0.2) is 36.5 Å². The van der Waals surface area contributed by atoms with Gasteiger partial charge in [0.25, 0.3) is 5.91 Å². The number of hydrogen-bond acceptors (Lipinski definition) is 5. The standard InChI is InChI=1S/C17H22N4O4/c1-17(2,3)25-10-9-13(16(23)24)19-15(22)14-11-18-21(20-14)12-7-5-4-6-8-12/h4-8,11,13H,9-10H2,1-3H3,(H,19,22)(H,23,24). The number of nitrogens with one attached hydrogen (secondary N) is 1. The number of para-hydroxylation sites is 1. The Morgan fingerprint density at radius 1 is 1.28 bits per heavy atom. The molecule has 1 unspecified atom stereocenters. The minimum atomic E-state index is -1.12. The Bertz CT molecular complexity index is 722. The molecule has 134 valence electrons. The third-order valence-corrected chi connectivity index (χ3v) is 3.26. The Morgan fingerprint density at radius 2 is 1.96 bits per heavy atom. The molecule has 0 saturated heterocycles. The minimum absolute atomic E-state index is 0.0480. The van der Waals surface area contributed by atoms with Crippen LogP contribution in [0.1, 0.15) is 37.7 Å². The normalized spacial score (nSPS) is 12.6. The van der Waals surface area contributed by atoms with Crippen molar-refractivity contribution in [1.29, 1.82) is 0 Å². The zero-order chi connectivity index (χ0) is 18.4. The van der Waals surface area contributed by atoms with Gasteiger partial charge >= 0.3 is 5.97 Å². The molecule has 25 heavy (non-hydrogen) atoms. The van der Waals surface area contributed by atoms with E-state index in [0.717, 1.165) is 0 Å². The molecule has 1 atom stereocenters. The fourth-order valence-electron chi connectivity index (χ4n) is 2.03. The van der Waals surface area contributed by atoms with Gasteiger partial charge in [-0.2, -0.15) is 9.90 Å². The lowest BCUT2D eigenvalue weighted by molar-refractivity contribution is -0.140. The number of ether oxygens (including phenoxy) is 1. The smallest absolute Gasteiger partial charge is 0.326 e. The number of rotatable bonds is 7. The molecule has 0 radical (unpaired) electrons. The van der Waals surface area contributed by atoms with Crippen LogP contribution in [-0.2, 0) is 9.53 Å². The summed E-state index contributed by atoms with van der Waals surface area (Å²) >= 11 is 0. The van der Waals surface area contributed by atoms with Gasteiger partial charge in [0.1, 0.15) is 6.04 Å². The molecule has 2 N–H and O–H groups in total. The number of aliphatic carboxylic acids is 1. The lowest BCUT2D eigenvalue weighted by Gasteiger charge is -2.21. The number of nitrogens with zero attached hydrogens (tertiary/aromatic N) is 3. The van der Waals surface area contributed by atoms with Crippen LogP contribution in [0.2, 0.25) is 0 Å². The summed E-state index contributed by atoms with van der Waals surface area (Å²) in [6.07, 6.45) is 1.46. The van der Waals surface area contributed by atoms with Crippen molar-refractivity contribution in [3.05, 3.63) is 42.2 Å². The van der Waals surface area contributed by atoms with Crippen LogP contribution in [0.25, 0.3) is 5.69 Å². The Kier molecular flexibility index (Phi) is 5.87. The predicted molar refractivity (Wildman–Crippen MR) is 90.6 cm³/mol. The molecule has 0 saturated carbocycles. The number of carboxylic acids is 1. The SMILES string of the molecule is CC(C)(C)OCCC(NC(=O)c1cnn(-c2ccccc2)n1)C(=O)O. The first-order valence-electron chi connectivity index (χ1n) is 7.92. The van der Waals surface area contributed by atoms with Crippen molar-refractivity contribution in [3.63, 3.8) is 0 Å². The average molecular weight is 346 g/mol. The third kappa shape index (κ3) is 5.68. The van der Waals surface area contributed by atoms with E-state index in [9.17, 15) is 14.7 Å². The van der Waals surface area contributed by atoms with E-state index in [4.69, 9.17) is 4.74 Å². The summed E-state index contributed by atoms with van der Waals surface area (Å²) in [5.74, 6) is -1.72. The molecule has 1 aromatic heterocycles. The Morgan fingerprint density at radius 3 is 2.56 bits per heavy atom. The number of aromatic nitrogens is 3. The van der Waals surface area contributed by atoms with Crippen LogP contribution >= 0.6 is 0 Å². The number of benzene rings is 1. The van der Waals surface area contributed by atoms with Crippen molar-refractivity contribution >= 4 is 11.9 Å². The van der Waals surface area contributed by atoms with Crippen LogP contribution in [0.5, 0.6) is 0 Å². The van der Waals surface area contributed by atoms with E-state index in [1.165, 1.54) is 11.0 Å².